The zero-order chi connectivity index (χ0) is 18.1. The molecular formula is C20H20N4O2. The minimum absolute atomic E-state index is 0.0329. The first-order valence-corrected chi connectivity index (χ1v) is 8.70. The molecule has 132 valence electrons. The number of nitrogens with one attached hydrogen (secondary N) is 1. The number of hydrogen-bond donors (Lipinski definition) is 1. The van der Waals surface area contributed by atoms with Crippen molar-refractivity contribution in [1.29, 1.82) is 0 Å². The van der Waals surface area contributed by atoms with Crippen LogP contribution in [0, 0.1) is 6.92 Å². The molecule has 1 N–H and O–H groups in total. The lowest BCUT2D eigenvalue weighted by Gasteiger charge is -2.36. The van der Waals surface area contributed by atoms with E-state index in [1.54, 1.807) is 6.92 Å². The SMILES string of the molecule is Cc1cc(=O)[nH]cc1C(=O)N1CCN(c2cncc3ccccc23)CC1. The Bertz CT molecular complexity index is 1010. The molecule has 26 heavy (non-hydrogen) atoms. The molecule has 0 unspecified atom stereocenters. The predicted octanol–water partition coefficient (Wildman–Crippen LogP) is 2.19. The summed E-state index contributed by atoms with van der Waals surface area (Å²) in [5.74, 6) is -0.0329. The Balaban J connectivity index is 1.52. The summed E-state index contributed by atoms with van der Waals surface area (Å²) in [7, 11) is 0. The fraction of sp³-hybridized carbons (Fsp3) is 0.250. The maximum absolute atomic E-state index is 12.8. The van der Waals surface area contributed by atoms with Crippen LogP contribution in [0.25, 0.3) is 10.8 Å². The van der Waals surface area contributed by atoms with E-state index in [2.05, 4.69) is 27.0 Å². The van der Waals surface area contributed by atoms with E-state index in [9.17, 15) is 9.59 Å². The molecule has 6 nitrogen and oxygen atoms in total. The molecule has 1 aliphatic heterocycles. The number of carbonyl (C=O) groups excluding carboxylic acids is 1. The van der Waals surface area contributed by atoms with Gasteiger partial charge >= 0.3 is 0 Å². The number of nitrogens with zero attached hydrogens (tertiary/aromatic N) is 3. The maximum Gasteiger partial charge on any atom is 0.255 e. The molecule has 0 aliphatic carbocycles. The molecule has 1 saturated heterocycles. The van der Waals surface area contributed by atoms with Gasteiger partial charge in [-0.2, -0.15) is 0 Å². The van der Waals surface area contributed by atoms with Gasteiger partial charge in [-0.25, -0.2) is 0 Å². The summed E-state index contributed by atoms with van der Waals surface area (Å²) < 4.78 is 0. The van der Waals surface area contributed by atoms with Gasteiger partial charge < -0.3 is 14.8 Å². The van der Waals surface area contributed by atoms with E-state index in [4.69, 9.17) is 0 Å². The lowest BCUT2D eigenvalue weighted by molar-refractivity contribution is 0.0745. The van der Waals surface area contributed by atoms with Gasteiger partial charge in [0.25, 0.3) is 5.91 Å². The van der Waals surface area contributed by atoms with E-state index in [-0.39, 0.29) is 11.5 Å². The van der Waals surface area contributed by atoms with Crippen molar-refractivity contribution in [2.45, 2.75) is 6.92 Å². The third-order valence-electron chi connectivity index (χ3n) is 4.92. The maximum atomic E-state index is 12.8. The Morgan fingerprint density at radius 2 is 1.88 bits per heavy atom. The van der Waals surface area contributed by atoms with Crippen LogP contribution in [-0.4, -0.2) is 47.0 Å². The van der Waals surface area contributed by atoms with E-state index < -0.39 is 0 Å². The number of benzene rings is 1. The number of pyridine rings is 2. The minimum atomic E-state index is -0.188. The number of H-pyrrole nitrogens is 1. The Morgan fingerprint density at radius 3 is 2.65 bits per heavy atom. The fourth-order valence-electron chi connectivity index (χ4n) is 3.48. The number of amides is 1. The van der Waals surface area contributed by atoms with Gasteiger partial charge in [0.2, 0.25) is 5.56 Å². The van der Waals surface area contributed by atoms with Crippen LogP contribution in [0.1, 0.15) is 15.9 Å². The van der Waals surface area contributed by atoms with Gasteiger partial charge in [-0.3, -0.25) is 14.6 Å². The molecule has 0 radical (unpaired) electrons. The predicted molar refractivity (Wildman–Crippen MR) is 102 cm³/mol. The second kappa shape index (κ2) is 6.63. The third-order valence-corrected chi connectivity index (χ3v) is 4.92. The molecular weight excluding hydrogens is 328 g/mol. The Hall–Kier alpha value is -3.15. The van der Waals surface area contributed by atoms with Crippen LogP contribution in [0.15, 0.2) is 53.7 Å². The molecule has 1 aliphatic rings. The van der Waals surface area contributed by atoms with E-state index in [0.717, 1.165) is 24.2 Å². The van der Waals surface area contributed by atoms with Gasteiger partial charge in [0.1, 0.15) is 0 Å². The summed E-state index contributed by atoms with van der Waals surface area (Å²) in [6.45, 7) is 4.58. The van der Waals surface area contributed by atoms with Gasteiger partial charge in [-0.05, 0) is 12.5 Å². The number of hydrogen-bond acceptors (Lipinski definition) is 4. The molecule has 2 aromatic heterocycles. The Labute approximate surface area is 151 Å². The highest BCUT2D eigenvalue weighted by atomic mass is 16.2. The zero-order valence-electron chi connectivity index (χ0n) is 14.6. The van der Waals surface area contributed by atoms with Crippen molar-refractivity contribution in [2.75, 3.05) is 31.1 Å². The van der Waals surface area contributed by atoms with Crippen LogP contribution < -0.4 is 10.5 Å². The van der Waals surface area contributed by atoms with Crippen molar-refractivity contribution in [3.8, 4) is 0 Å². The first kappa shape index (κ1) is 16.3. The molecule has 3 heterocycles. The summed E-state index contributed by atoms with van der Waals surface area (Å²) in [5.41, 5.74) is 2.19. The van der Waals surface area contributed by atoms with Crippen molar-refractivity contribution in [3.05, 3.63) is 70.4 Å². The largest absolute Gasteiger partial charge is 0.366 e. The first-order chi connectivity index (χ1) is 12.6. The number of carbonyl (C=O) groups is 1. The highest BCUT2D eigenvalue weighted by molar-refractivity contribution is 5.96. The lowest BCUT2D eigenvalue weighted by Crippen LogP contribution is -2.49. The number of rotatable bonds is 2. The zero-order valence-corrected chi connectivity index (χ0v) is 14.6. The molecule has 1 fully saturated rings. The van der Waals surface area contributed by atoms with Crippen molar-refractivity contribution < 1.29 is 4.79 Å². The fourth-order valence-corrected chi connectivity index (χ4v) is 3.48. The second-order valence-corrected chi connectivity index (χ2v) is 6.55. The van der Waals surface area contributed by atoms with Crippen molar-refractivity contribution >= 4 is 22.4 Å². The lowest BCUT2D eigenvalue weighted by atomic mass is 10.1. The number of aromatic amines is 1. The number of anilines is 1. The number of aryl methyl sites for hydroxylation is 1. The van der Waals surface area contributed by atoms with Gasteiger partial charge in [-0.1, -0.05) is 24.3 Å². The highest BCUT2D eigenvalue weighted by Gasteiger charge is 2.24. The van der Waals surface area contributed by atoms with Crippen LogP contribution in [0.2, 0.25) is 0 Å². The molecule has 0 atom stereocenters. The average Bonchev–Trinajstić information content (AvgIpc) is 2.67. The molecule has 0 spiro atoms. The summed E-state index contributed by atoms with van der Waals surface area (Å²) in [6, 6.07) is 9.67. The summed E-state index contributed by atoms with van der Waals surface area (Å²) in [5, 5.41) is 2.30. The number of fused-ring (bicyclic) bond motifs is 1. The topological polar surface area (TPSA) is 69.3 Å². The van der Waals surface area contributed by atoms with E-state index in [1.807, 2.05) is 29.4 Å². The Kier molecular flexibility index (Phi) is 4.16. The highest BCUT2D eigenvalue weighted by Crippen LogP contribution is 2.26. The third kappa shape index (κ3) is 2.94. The van der Waals surface area contributed by atoms with Crippen molar-refractivity contribution in [1.82, 2.24) is 14.9 Å². The van der Waals surface area contributed by atoms with Gasteiger partial charge in [0.05, 0.1) is 17.4 Å². The van der Waals surface area contributed by atoms with Crippen LogP contribution >= 0.6 is 0 Å². The van der Waals surface area contributed by atoms with Crippen molar-refractivity contribution in [2.24, 2.45) is 0 Å². The molecule has 4 rings (SSSR count). The normalized spacial score (nSPS) is 14.7. The summed E-state index contributed by atoms with van der Waals surface area (Å²) >= 11 is 0. The molecule has 1 amide bonds. The van der Waals surface area contributed by atoms with Gasteiger partial charge in [-0.15, -0.1) is 0 Å². The molecule has 6 heteroatoms. The molecule has 3 aromatic rings. The average molecular weight is 348 g/mol. The van der Waals surface area contributed by atoms with Gasteiger partial charge in [0.15, 0.2) is 0 Å². The minimum Gasteiger partial charge on any atom is -0.366 e. The Morgan fingerprint density at radius 1 is 1.12 bits per heavy atom. The smallest absolute Gasteiger partial charge is 0.255 e. The second-order valence-electron chi connectivity index (χ2n) is 6.55. The van der Waals surface area contributed by atoms with Gasteiger partial charge in [0, 0.05) is 55.4 Å². The van der Waals surface area contributed by atoms with Crippen molar-refractivity contribution in [3.63, 3.8) is 0 Å². The number of piperazine rings is 1. The number of aromatic nitrogens is 2. The standard InChI is InChI=1S/C20H20N4O2/c1-14-10-19(25)22-12-17(14)20(26)24-8-6-23(7-9-24)18-13-21-11-15-4-2-3-5-16(15)18/h2-5,10-13H,6-9H2,1H3,(H,22,25). The summed E-state index contributed by atoms with van der Waals surface area (Å²) in [4.78, 5) is 35.2. The van der Waals surface area contributed by atoms with Crippen LogP contribution in [0.3, 0.4) is 0 Å². The first-order valence-electron chi connectivity index (χ1n) is 8.70. The van der Waals surface area contributed by atoms with Crippen LogP contribution in [0.4, 0.5) is 5.69 Å². The molecule has 0 bridgehead atoms. The van der Waals surface area contributed by atoms with Crippen LogP contribution in [-0.2, 0) is 0 Å². The monoisotopic (exact) mass is 348 g/mol. The van der Waals surface area contributed by atoms with E-state index >= 15 is 0 Å². The van der Waals surface area contributed by atoms with E-state index in [1.165, 1.54) is 17.6 Å². The summed E-state index contributed by atoms with van der Waals surface area (Å²) in [6.07, 6.45) is 5.28. The molecule has 1 aromatic carbocycles. The molecule has 0 saturated carbocycles. The van der Waals surface area contributed by atoms with Crippen LogP contribution in [0.5, 0.6) is 0 Å². The van der Waals surface area contributed by atoms with E-state index in [0.29, 0.717) is 24.2 Å². The quantitative estimate of drug-likeness (QED) is 0.771.